The monoisotopic (exact) mass is 1650 g/mol. The molecule has 11 aromatic rings. The van der Waals surface area contributed by atoms with Gasteiger partial charge in [0, 0.05) is 11.1 Å². The van der Waals surface area contributed by atoms with Crippen LogP contribution in [0.4, 0.5) is 34.9 Å². The van der Waals surface area contributed by atoms with Crippen molar-refractivity contribution in [2.45, 2.75) is 148 Å². The molecule has 55 nitrogen and oxygen atoms in total. The van der Waals surface area contributed by atoms with Gasteiger partial charge in [-0.15, -0.1) is 0 Å². The number of aromatic nitrogens is 22. The lowest BCUT2D eigenvalue weighted by molar-refractivity contribution is -0.0469. The fraction of sp³-hybridized carbons (Fsp3) is 0.508. The fourth-order valence-electron chi connectivity index (χ4n) is 13.8. The maximum Gasteiger partial charge on any atom is 0.351 e. The van der Waals surface area contributed by atoms with E-state index >= 15 is 0 Å². The molecule has 0 bridgehead atoms. The number of nitriles is 2. The molecule has 6 saturated heterocycles. The third kappa shape index (κ3) is 15.8. The summed E-state index contributed by atoms with van der Waals surface area (Å²) in [7, 11) is 0. The minimum atomic E-state index is -1.25. The van der Waals surface area contributed by atoms with E-state index in [1.165, 1.54) is 89.2 Å². The molecular formula is C63H82N36O19. The Labute approximate surface area is 660 Å². The largest absolute Gasteiger partial charge is 0.394 e. The van der Waals surface area contributed by atoms with E-state index in [4.69, 9.17) is 101 Å². The molecule has 17 rings (SSSR count). The van der Waals surface area contributed by atoms with Gasteiger partial charge >= 0.3 is 5.69 Å². The van der Waals surface area contributed by atoms with Crippen LogP contribution in [0.1, 0.15) is 51.2 Å². The van der Waals surface area contributed by atoms with Gasteiger partial charge in [-0.25, -0.2) is 79.6 Å². The van der Waals surface area contributed by atoms with Crippen LogP contribution in [-0.4, -0.2) is 305 Å². The van der Waals surface area contributed by atoms with Crippen LogP contribution in [0.3, 0.4) is 0 Å². The molecule has 118 heavy (non-hydrogen) atoms. The number of rotatable bonds is 13. The van der Waals surface area contributed by atoms with Gasteiger partial charge in [-0.1, -0.05) is 5.11 Å². The van der Waals surface area contributed by atoms with E-state index in [9.17, 15) is 61.3 Å². The van der Waals surface area contributed by atoms with Crippen LogP contribution in [0.25, 0.3) is 66.3 Å². The first-order valence-electron chi connectivity index (χ1n) is 35.3. The van der Waals surface area contributed by atoms with Crippen molar-refractivity contribution in [1.82, 2.24) is 107 Å². The zero-order valence-electron chi connectivity index (χ0n) is 61.9. The molecule has 0 unspecified atom stereocenters. The van der Waals surface area contributed by atoms with Gasteiger partial charge in [0.15, 0.2) is 88.5 Å². The Bertz CT molecular complexity index is 5540. The molecule has 0 aromatic carbocycles. The van der Waals surface area contributed by atoms with Crippen LogP contribution < -0.4 is 57.3 Å². The number of aliphatic hydroxyl groups excluding tert-OH is 12. The normalized spacial score (nSPS) is 31.4. The van der Waals surface area contributed by atoms with Gasteiger partial charge in [-0.3, -0.25) is 27.4 Å². The molecule has 6 fully saturated rings. The molecular weight excluding hydrogens is 1560 g/mol. The molecule has 30 N–H and O–H groups in total. The van der Waals surface area contributed by atoms with Crippen molar-refractivity contribution < 1.29 is 89.7 Å². The van der Waals surface area contributed by atoms with Gasteiger partial charge in [0.2, 0.25) is 0 Å². The van der Waals surface area contributed by atoms with Gasteiger partial charge in [0.25, 0.3) is 0 Å². The van der Waals surface area contributed by atoms with E-state index in [-0.39, 0.29) is 61.3 Å². The first-order valence-corrected chi connectivity index (χ1v) is 35.3. The Morgan fingerprint density at radius 2 is 0.797 bits per heavy atom. The molecule has 17 heterocycles. The summed E-state index contributed by atoms with van der Waals surface area (Å²) in [4.78, 5) is 78.0. The summed E-state index contributed by atoms with van der Waals surface area (Å²) in [5, 5.41) is 137. The summed E-state index contributed by atoms with van der Waals surface area (Å²) in [5.41, 5.74) is 61.5. The predicted molar refractivity (Wildman–Crippen MR) is 398 cm³/mol. The molecule has 0 saturated carbocycles. The van der Waals surface area contributed by atoms with E-state index in [1.54, 1.807) is 23.0 Å². The summed E-state index contributed by atoms with van der Waals surface area (Å²) in [6.07, 6.45) is -0.747. The number of anilines is 6. The van der Waals surface area contributed by atoms with Crippen LogP contribution in [0.5, 0.6) is 0 Å². The summed E-state index contributed by atoms with van der Waals surface area (Å²) in [6.45, 7) is 1.03. The highest BCUT2D eigenvalue weighted by molar-refractivity contribution is 5.84. The van der Waals surface area contributed by atoms with E-state index in [1.807, 2.05) is 6.07 Å². The second kappa shape index (κ2) is 35.4. The maximum atomic E-state index is 11.6. The molecule has 6 aliphatic rings. The average molecular weight is 1650 g/mol. The number of ether oxygens (including phenoxy) is 6. The first kappa shape index (κ1) is 85.3. The van der Waals surface area contributed by atoms with Crippen molar-refractivity contribution in [2.24, 2.45) is 33.6 Å². The van der Waals surface area contributed by atoms with Crippen LogP contribution in [-0.2, 0) is 28.4 Å². The van der Waals surface area contributed by atoms with Crippen molar-refractivity contribution in [3.8, 4) is 12.1 Å². The maximum absolute atomic E-state index is 11.6. The molecule has 6 aliphatic heterocycles. The van der Waals surface area contributed by atoms with Crippen molar-refractivity contribution in [2.75, 3.05) is 74.0 Å². The fourth-order valence-corrected chi connectivity index (χ4v) is 13.8. The Morgan fingerprint density at radius 3 is 1.18 bits per heavy atom. The Kier molecular flexibility index (Phi) is 25.6. The van der Waals surface area contributed by atoms with Crippen LogP contribution in [0.2, 0.25) is 0 Å². The lowest BCUT2D eigenvalue weighted by atomic mass is 9.84. The molecule has 0 aliphatic carbocycles. The summed E-state index contributed by atoms with van der Waals surface area (Å²) in [5.74, 6) is 0.419. The topological polar surface area (TPSA) is 882 Å². The molecule has 0 amide bonds. The number of fused-ring (bicyclic) bond motifs is 5. The third-order valence-corrected chi connectivity index (χ3v) is 20.2. The van der Waals surface area contributed by atoms with Crippen molar-refractivity contribution >= 4 is 90.7 Å². The number of nitrogens with two attached hydrogens (primary N) is 9. The molecule has 24 atom stereocenters. The smallest absolute Gasteiger partial charge is 0.351 e. The van der Waals surface area contributed by atoms with Crippen molar-refractivity contribution in [1.29, 1.82) is 10.5 Å². The summed E-state index contributed by atoms with van der Waals surface area (Å²) >= 11 is 0. The van der Waals surface area contributed by atoms with E-state index in [2.05, 4.69) is 95.8 Å². The molecule has 0 radical (unpaired) electrons. The Balaban J connectivity index is 0.000000130. The highest BCUT2D eigenvalue weighted by Gasteiger charge is 2.56. The van der Waals surface area contributed by atoms with Gasteiger partial charge < -0.3 is 141 Å². The van der Waals surface area contributed by atoms with Crippen molar-refractivity contribution in [3.05, 3.63) is 96.5 Å². The van der Waals surface area contributed by atoms with Gasteiger partial charge in [-0.05, 0) is 25.4 Å². The third-order valence-electron chi connectivity index (χ3n) is 20.2. The van der Waals surface area contributed by atoms with Gasteiger partial charge in [0.1, 0.15) is 156 Å². The molecule has 0 spiro atoms. The lowest BCUT2D eigenvalue weighted by Gasteiger charge is -2.28. The van der Waals surface area contributed by atoms with E-state index < -0.39 is 165 Å². The van der Waals surface area contributed by atoms with E-state index in [0.29, 0.717) is 55.8 Å². The minimum absolute atomic E-state index is 0.0945. The summed E-state index contributed by atoms with van der Waals surface area (Å²) in [6, 6.07) is 3.06. The number of imidazole rings is 5. The van der Waals surface area contributed by atoms with E-state index in [0.717, 1.165) is 4.57 Å². The van der Waals surface area contributed by atoms with Crippen LogP contribution >= 0.6 is 0 Å². The molecule has 628 valence electrons. The number of hydrogen-bond donors (Lipinski definition) is 21. The molecule has 11 aromatic heterocycles. The lowest BCUT2D eigenvalue weighted by Crippen LogP contribution is -2.52. The van der Waals surface area contributed by atoms with Gasteiger partial charge in [-0.2, -0.15) is 15.5 Å². The highest BCUT2D eigenvalue weighted by atomic mass is 16.6. The number of aliphatic hydroxyl groups is 12. The minimum Gasteiger partial charge on any atom is -0.394 e. The Hall–Kier alpha value is -12.1. The van der Waals surface area contributed by atoms with Crippen LogP contribution in [0.15, 0.2) is 85.4 Å². The quantitative estimate of drug-likeness (QED) is 0.0290. The number of nitrogen functional groups attached to an aromatic ring is 6. The second-order valence-electron chi connectivity index (χ2n) is 27.5. The molecule has 55 heteroatoms. The zero-order valence-corrected chi connectivity index (χ0v) is 61.9. The highest BCUT2D eigenvalue weighted by Crippen LogP contribution is 2.46. The van der Waals surface area contributed by atoms with Gasteiger partial charge in [0.05, 0.1) is 107 Å². The SMILES string of the molecule is C[C@@]1(C#N)[C@H](O)[C@@H](CO)O[C@H]1n1cnc2c(N)ncnc21.C[C@@]1(N)[C@H](O)[C@@H](CO)O[C@H]1n1cnc2c(N)ncnc21.N#C[C@@H]1[C@H](O)[C@@H](CO)O[C@H]1n1cnc2c(N)ncnc21.Nc1ccn([C@@H]2O[C@H](CO)[C@@H](O)[C@H]2N)c(=O)n1.Nc1ncnc2c1ncn2[C@@H]1O[C@H](CO)[C@@H](O)[C@H]1N.[N-]=[N+]=N[C@@H]1[C@H](O)[C@@H](CO)O[C@H]1n1cnc2c(N)ncnc21. The first-order chi connectivity index (χ1) is 56.5. The number of hydrogen-bond acceptors (Lipinski definition) is 47. The predicted octanol–water partition coefficient (Wildman–Crippen LogP) is -8.91. The number of nitrogens with zero attached hydrogens (tertiary/aromatic N) is 27. The standard InChI is InChI=1S/C12H14N6O3.C11H16N6O3.C11H12N6O3.C10H12N8O3.C10H14N6O3.C9H14N4O4/c1-12(3-13)8(20)6(2-19)21-11(12)18-5-17-7-9(14)15-4-16-10(7)18;1-11(13)7(19)5(2-18)20-10(11)17-4-16-6-8(12)14-3-15-9(6)17;12-1-5-8(19)6(2-18)20-11(5)17-4-16-7-9(13)14-3-15-10(7)17;11-8-6-9(14-2-13-8)18(3-15-6)10-5(16-17-12)7(20)4(1-19)21-10;11-5-7(18)4(1-17)19-10(5)16-3-15-6-8(12)13-2-14-9(6)16;10-5-1-2-13(9(16)12-5)8-6(11)7(15)4(3-14)17-8/h4-6,8,11,19-20H,2H2,1H3,(H2,14,15,16);3-5,7,10,18-19H,2,13H2,1H3,(H2,12,14,15);3-6,8,11,18-19H,2H2,(H2,13,14,15);2-5,7,10,19-20H,1H2,(H2,11,13,14);2-5,7,10,17-18H,1,11H2,(H2,12,13,14);1-2,4,6-8,14-15H,3,11H2,(H2,10,12,16)/t6-,8-,11-,12-;5-,7-,10-,11-;5-,6-,8+,11-;2*4-,5-,7-,10-;4-,6-,7-,8-/m111111/s1. The second-order valence-corrected chi connectivity index (χ2v) is 27.5. The number of azide groups is 1. The summed E-state index contributed by atoms with van der Waals surface area (Å²) < 4.78 is 42.0. The Morgan fingerprint density at radius 1 is 0.458 bits per heavy atom. The zero-order chi connectivity index (χ0) is 85.1. The van der Waals surface area contributed by atoms with Crippen LogP contribution in [0, 0.1) is 34.0 Å². The van der Waals surface area contributed by atoms with Crippen molar-refractivity contribution in [3.63, 3.8) is 0 Å². The average Bonchev–Trinajstić information content (AvgIpc) is 1.60.